The van der Waals surface area contributed by atoms with Crippen molar-refractivity contribution < 1.29 is 9.66 Å². The number of benzene rings is 1. The van der Waals surface area contributed by atoms with Gasteiger partial charge in [0.1, 0.15) is 12.4 Å². The zero-order chi connectivity index (χ0) is 15.2. The van der Waals surface area contributed by atoms with E-state index >= 15 is 0 Å². The van der Waals surface area contributed by atoms with Gasteiger partial charge in [0.05, 0.1) is 22.4 Å². The fourth-order valence-corrected chi connectivity index (χ4v) is 1.94. The lowest BCUT2D eigenvalue weighted by molar-refractivity contribution is -0.385. The van der Waals surface area contributed by atoms with Crippen LogP contribution in [-0.2, 0) is 13.2 Å². The molecule has 0 saturated carbocycles. The maximum absolute atomic E-state index is 11.0. The number of halogens is 1. The summed E-state index contributed by atoms with van der Waals surface area (Å²) in [6.45, 7) is 0.753. The van der Waals surface area contributed by atoms with Crippen molar-refractivity contribution in [2.75, 3.05) is 7.05 Å². The van der Waals surface area contributed by atoms with Crippen LogP contribution in [-0.4, -0.2) is 17.0 Å². The van der Waals surface area contributed by atoms with Crippen LogP contribution < -0.4 is 10.1 Å². The van der Waals surface area contributed by atoms with E-state index in [1.165, 1.54) is 6.07 Å². The van der Waals surface area contributed by atoms with E-state index in [9.17, 15) is 10.1 Å². The van der Waals surface area contributed by atoms with E-state index in [1.54, 1.807) is 24.4 Å². The molecule has 0 amide bonds. The van der Waals surface area contributed by atoms with Crippen LogP contribution in [0.3, 0.4) is 0 Å². The number of aromatic nitrogens is 1. The molecule has 0 unspecified atom stereocenters. The van der Waals surface area contributed by atoms with Crippen molar-refractivity contribution in [2.24, 2.45) is 0 Å². The van der Waals surface area contributed by atoms with E-state index in [1.807, 2.05) is 13.1 Å². The van der Waals surface area contributed by atoms with Gasteiger partial charge in [-0.1, -0.05) is 11.6 Å². The smallest absolute Gasteiger partial charge is 0.277 e. The standard InChI is InChI=1S/C14H14ClN3O3/c1-16-7-12-4-5-13(8-17-12)21-9-10-2-3-11(15)6-14(10)18(19)20/h2-6,8,16H,7,9H2,1H3. The van der Waals surface area contributed by atoms with Gasteiger partial charge in [-0.05, 0) is 31.3 Å². The Bertz CT molecular complexity index is 632. The molecule has 0 radical (unpaired) electrons. The molecule has 7 heteroatoms. The molecule has 0 aliphatic carbocycles. The first-order valence-corrected chi connectivity index (χ1v) is 6.63. The van der Waals surface area contributed by atoms with Gasteiger partial charge in [-0.3, -0.25) is 15.1 Å². The average Bonchev–Trinajstić information content (AvgIpc) is 2.47. The highest BCUT2D eigenvalue weighted by atomic mass is 35.5. The zero-order valence-corrected chi connectivity index (χ0v) is 12.1. The highest BCUT2D eigenvalue weighted by Gasteiger charge is 2.14. The Morgan fingerprint density at radius 3 is 2.81 bits per heavy atom. The Labute approximate surface area is 126 Å². The minimum atomic E-state index is -0.473. The monoisotopic (exact) mass is 307 g/mol. The molecule has 1 aromatic heterocycles. The van der Waals surface area contributed by atoms with E-state index in [0.717, 1.165) is 5.69 Å². The number of pyridine rings is 1. The maximum Gasteiger partial charge on any atom is 0.277 e. The topological polar surface area (TPSA) is 77.3 Å². The molecule has 0 saturated heterocycles. The Morgan fingerprint density at radius 1 is 1.38 bits per heavy atom. The first-order chi connectivity index (χ1) is 10.1. The second-order valence-electron chi connectivity index (χ2n) is 4.33. The molecule has 0 aliphatic rings. The summed E-state index contributed by atoms with van der Waals surface area (Å²) in [4.78, 5) is 14.7. The molecule has 1 N–H and O–H groups in total. The Hall–Kier alpha value is -2.18. The fraction of sp³-hybridized carbons (Fsp3) is 0.214. The maximum atomic E-state index is 11.0. The predicted molar refractivity (Wildman–Crippen MR) is 79.4 cm³/mol. The molecule has 2 rings (SSSR count). The number of hydrogen-bond donors (Lipinski definition) is 1. The quantitative estimate of drug-likeness (QED) is 0.656. The summed E-state index contributed by atoms with van der Waals surface area (Å²) in [5.74, 6) is 0.555. The molecule has 21 heavy (non-hydrogen) atoms. The van der Waals surface area contributed by atoms with E-state index in [-0.39, 0.29) is 12.3 Å². The lowest BCUT2D eigenvalue weighted by Gasteiger charge is -2.07. The van der Waals surface area contributed by atoms with Crippen LogP contribution in [0.2, 0.25) is 5.02 Å². The second-order valence-corrected chi connectivity index (χ2v) is 4.77. The number of hydrogen-bond acceptors (Lipinski definition) is 5. The van der Waals surface area contributed by atoms with Crippen molar-refractivity contribution in [3.05, 3.63) is 62.9 Å². The van der Waals surface area contributed by atoms with Crippen LogP contribution in [0.15, 0.2) is 36.5 Å². The molecule has 0 spiro atoms. The van der Waals surface area contributed by atoms with Gasteiger partial charge in [0.15, 0.2) is 0 Å². The highest BCUT2D eigenvalue weighted by molar-refractivity contribution is 6.30. The first-order valence-electron chi connectivity index (χ1n) is 6.25. The summed E-state index contributed by atoms with van der Waals surface area (Å²) in [7, 11) is 1.84. The van der Waals surface area contributed by atoms with E-state index in [2.05, 4.69) is 10.3 Å². The number of ether oxygens (including phenoxy) is 1. The molecule has 0 bridgehead atoms. The lowest BCUT2D eigenvalue weighted by atomic mass is 10.2. The Morgan fingerprint density at radius 2 is 2.19 bits per heavy atom. The van der Waals surface area contributed by atoms with Crippen LogP contribution in [0.4, 0.5) is 5.69 Å². The van der Waals surface area contributed by atoms with Gasteiger partial charge in [-0.2, -0.15) is 0 Å². The Kier molecular flexibility index (Phi) is 5.08. The summed E-state index contributed by atoms with van der Waals surface area (Å²) in [5.41, 5.74) is 1.30. The van der Waals surface area contributed by atoms with Gasteiger partial charge in [0.2, 0.25) is 0 Å². The fourth-order valence-electron chi connectivity index (χ4n) is 1.77. The normalized spacial score (nSPS) is 10.4. The van der Waals surface area contributed by atoms with Crippen molar-refractivity contribution in [3.8, 4) is 5.75 Å². The van der Waals surface area contributed by atoms with Crippen molar-refractivity contribution in [2.45, 2.75) is 13.2 Å². The molecular weight excluding hydrogens is 294 g/mol. The lowest BCUT2D eigenvalue weighted by Crippen LogP contribution is -2.06. The van der Waals surface area contributed by atoms with Crippen molar-refractivity contribution >= 4 is 17.3 Å². The number of nitro groups is 1. The van der Waals surface area contributed by atoms with Crippen molar-refractivity contribution in [3.63, 3.8) is 0 Å². The number of nitrogens with zero attached hydrogens (tertiary/aromatic N) is 2. The third-order valence-electron chi connectivity index (χ3n) is 2.79. The third-order valence-corrected chi connectivity index (χ3v) is 3.03. The minimum Gasteiger partial charge on any atom is -0.487 e. The van der Waals surface area contributed by atoms with E-state index < -0.39 is 4.92 Å². The van der Waals surface area contributed by atoms with Crippen molar-refractivity contribution in [1.29, 1.82) is 0 Å². The average molecular weight is 308 g/mol. The summed E-state index contributed by atoms with van der Waals surface area (Å²) < 4.78 is 5.53. The largest absolute Gasteiger partial charge is 0.487 e. The number of nitrogens with one attached hydrogen (secondary N) is 1. The molecule has 0 atom stereocenters. The van der Waals surface area contributed by atoms with Crippen molar-refractivity contribution in [1.82, 2.24) is 10.3 Å². The summed E-state index contributed by atoms with van der Waals surface area (Å²) in [6, 6.07) is 8.11. The molecule has 0 aliphatic heterocycles. The van der Waals surface area contributed by atoms with Crippen LogP contribution in [0.5, 0.6) is 5.75 Å². The second kappa shape index (κ2) is 7.01. The highest BCUT2D eigenvalue weighted by Crippen LogP contribution is 2.24. The van der Waals surface area contributed by atoms with Gasteiger partial charge >= 0.3 is 0 Å². The zero-order valence-electron chi connectivity index (χ0n) is 11.4. The summed E-state index contributed by atoms with van der Waals surface area (Å²) >= 11 is 5.76. The van der Waals surface area contributed by atoms with Gasteiger partial charge in [0, 0.05) is 17.6 Å². The minimum absolute atomic E-state index is 0.0535. The SMILES string of the molecule is CNCc1ccc(OCc2ccc(Cl)cc2[N+](=O)[O-])cn1. The van der Waals surface area contributed by atoms with Crippen LogP contribution in [0, 0.1) is 10.1 Å². The summed E-state index contributed by atoms with van der Waals surface area (Å²) in [6.07, 6.45) is 1.59. The van der Waals surface area contributed by atoms with Gasteiger partial charge in [0.25, 0.3) is 5.69 Å². The molecular formula is C14H14ClN3O3. The van der Waals surface area contributed by atoms with E-state index in [0.29, 0.717) is 22.9 Å². The molecule has 110 valence electrons. The Balaban J connectivity index is 2.07. The van der Waals surface area contributed by atoms with Crippen LogP contribution >= 0.6 is 11.6 Å². The molecule has 1 heterocycles. The van der Waals surface area contributed by atoms with Crippen LogP contribution in [0.1, 0.15) is 11.3 Å². The third kappa shape index (κ3) is 4.14. The molecule has 1 aromatic carbocycles. The van der Waals surface area contributed by atoms with Gasteiger partial charge < -0.3 is 10.1 Å². The van der Waals surface area contributed by atoms with Crippen LogP contribution in [0.25, 0.3) is 0 Å². The van der Waals surface area contributed by atoms with E-state index in [4.69, 9.17) is 16.3 Å². The molecule has 6 nitrogen and oxygen atoms in total. The molecule has 2 aromatic rings. The molecule has 0 fully saturated rings. The first kappa shape index (κ1) is 15.2. The van der Waals surface area contributed by atoms with Gasteiger partial charge in [-0.15, -0.1) is 0 Å². The summed E-state index contributed by atoms with van der Waals surface area (Å²) in [5, 5.41) is 14.3. The number of rotatable bonds is 6. The predicted octanol–water partition coefficient (Wildman–Crippen LogP) is 2.94. The van der Waals surface area contributed by atoms with Gasteiger partial charge in [-0.25, -0.2) is 0 Å². The number of nitro benzene ring substituents is 1.